The van der Waals surface area contributed by atoms with Gasteiger partial charge in [0.2, 0.25) is 0 Å². The largest absolute Gasteiger partial charge is 0.377 e. The zero-order valence-electron chi connectivity index (χ0n) is 8.71. The topological polar surface area (TPSA) is 21.3 Å². The van der Waals surface area contributed by atoms with Crippen LogP contribution in [-0.2, 0) is 4.74 Å². The molecule has 0 aromatic carbocycles. The van der Waals surface area contributed by atoms with Gasteiger partial charge in [0, 0.05) is 24.6 Å². The van der Waals surface area contributed by atoms with Gasteiger partial charge in [-0.05, 0) is 13.8 Å². The summed E-state index contributed by atoms with van der Waals surface area (Å²) in [7, 11) is 0. The summed E-state index contributed by atoms with van der Waals surface area (Å²) in [5, 5.41) is 3.32. The average molecular weight is 203 g/mol. The van der Waals surface area contributed by atoms with Crippen LogP contribution in [0.2, 0.25) is 0 Å². The molecule has 0 aromatic heterocycles. The van der Waals surface area contributed by atoms with E-state index in [0.717, 1.165) is 31.2 Å². The fourth-order valence-corrected chi connectivity index (χ4v) is 1.42. The van der Waals surface area contributed by atoms with Crippen molar-refractivity contribution in [3.63, 3.8) is 0 Å². The maximum Gasteiger partial charge on any atom is 0.0594 e. The average Bonchev–Trinajstić information content (AvgIpc) is 2.09. The fourth-order valence-electron chi connectivity index (χ4n) is 0.803. The second-order valence-corrected chi connectivity index (χ2v) is 4.18. The second-order valence-electron chi connectivity index (χ2n) is 3.03. The van der Waals surface area contributed by atoms with Gasteiger partial charge in [-0.3, -0.25) is 0 Å². The third-order valence-corrected chi connectivity index (χ3v) is 2.35. The van der Waals surface area contributed by atoms with Gasteiger partial charge in [-0.15, -0.1) is 6.58 Å². The molecule has 0 atom stereocenters. The molecule has 13 heavy (non-hydrogen) atoms. The van der Waals surface area contributed by atoms with Crippen molar-refractivity contribution in [3.05, 3.63) is 12.7 Å². The van der Waals surface area contributed by atoms with E-state index in [4.69, 9.17) is 4.74 Å². The standard InChI is InChI=1S/C10H21NOS/c1-4-8-13-9-6-11-5-7-12-10(2)3/h4,10-11H,1,5-9H2,2-3H3. The van der Waals surface area contributed by atoms with Crippen molar-refractivity contribution in [3.8, 4) is 0 Å². The third kappa shape index (κ3) is 12.0. The van der Waals surface area contributed by atoms with E-state index in [-0.39, 0.29) is 0 Å². The number of rotatable bonds is 9. The molecule has 0 amide bonds. The molecule has 0 bridgehead atoms. The van der Waals surface area contributed by atoms with Gasteiger partial charge < -0.3 is 10.1 Å². The number of ether oxygens (including phenoxy) is 1. The molecule has 0 unspecified atom stereocenters. The van der Waals surface area contributed by atoms with Crippen molar-refractivity contribution < 1.29 is 4.74 Å². The number of hydrogen-bond acceptors (Lipinski definition) is 3. The monoisotopic (exact) mass is 203 g/mol. The number of hydrogen-bond donors (Lipinski definition) is 1. The Hall–Kier alpha value is 0.01000. The minimum atomic E-state index is 0.344. The highest BCUT2D eigenvalue weighted by atomic mass is 32.2. The van der Waals surface area contributed by atoms with E-state index in [1.165, 1.54) is 0 Å². The van der Waals surface area contributed by atoms with Crippen LogP contribution in [0.25, 0.3) is 0 Å². The maximum absolute atomic E-state index is 5.38. The van der Waals surface area contributed by atoms with Crippen molar-refractivity contribution in [2.45, 2.75) is 20.0 Å². The van der Waals surface area contributed by atoms with Crippen LogP contribution in [0.15, 0.2) is 12.7 Å². The van der Waals surface area contributed by atoms with Crippen LogP contribution >= 0.6 is 11.8 Å². The van der Waals surface area contributed by atoms with Crippen molar-refractivity contribution >= 4 is 11.8 Å². The lowest BCUT2D eigenvalue weighted by atomic mass is 10.5. The van der Waals surface area contributed by atoms with Crippen molar-refractivity contribution in [1.29, 1.82) is 0 Å². The minimum absolute atomic E-state index is 0.344. The minimum Gasteiger partial charge on any atom is -0.377 e. The van der Waals surface area contributed by atoms with E-state index in [2.05, 4.69) is 25.7 Å². The first-order valence-corrected chi connectivity index (χ1v) is 5.93. The van der Waals surface area contributed by atoms with Gasteiger partial charge in [-0.25, -0.2) is 0 Å². The lowest BCUT2D eigenvalue weighted by Crippen LogP contribution is -2.23. The van der Waals surface area contributed by atoms with Gasteiger partial charge in [0.15, 0.2) is 0 Å². The first-order valence-electron chi connectivity index (χ1n) is 4.78. The molecule has 3 heteroatoms. The van der Waals surface area contributed by atoms with Crippen LogP contribution < -0.4 is 5.32 Å². The number of thioether (sulfide) groups is 1. The van der Waals surface area contributed by atoms with Crippen LogP contribution in [0, 0.1) is 0 Å². The molecule has 0 fully saturated rings. The summed E-state index contributed by atoms with van der Waals surface area (Å²) in [5.74, 6) is 2.19. The van der Waals surface area contributed by atoms with Crippen LogP contribution in [0.5, 0.6) is 0 Å². The maximum atomic E-state index is 5.38. The molecular formula is C10H21NOS. The van der Waals surface area contributed by atoms with Crippen LogP contribution in [-0.4, -0.2) is 37.3 Å². The molecule has 0 radical (unpaired) electrons. The second kappa shape index (κ2) is 10.1. The molecule has 2 nitrogen and oxygen atoms in total. The van der Waals surface area contributed by atoms with Crippen LogP contribution in [0.1, 0.15) is 13.8 Å². The predicted molar refractivity (Wildman–Crippen MR) is 61.5 cm³/mol. The molecule has 0 saturated carbocycles. The first-order chi connectivity index (χ1) is 6.27. The van der Waals surface area contributed by atoms with Gasteiger partial charge in [0.1, 0.15) is 0 Å². The van der Waals surface area contributed by atoms with Crippen molar-refractivity contribution in [1.82, 2.24) is 5.32 Å². The van der Waals surface area contributed by atoms with E-state index in [1.54, 1.807) is 0 Å². The summed E-state index contributed by atoms with van der Waals surface area (Å²) in [6.07, 6.45) is 2.28. The summed E-state index contributed by atoms with van der Waals surface area (Å²) in [5.41, 5.74) is 0. The Kier molecular flexibility index (Phi) is 10.1. The van der Waals surface area contributed by atoms with Gasteiger partial charge in [-0.1, -0.05) is 6.08 Å². The van der Waals surface area contributed by atoms with E-state index in [1.807, 2.05) is 17.8 Å². The molecule has 0 aliphatic heterocycles. The molecule has 0 saturated heterocycles. The summed E-state index contributed by atoms with van der Waals surface area (Å²) >= 11 is 1.90. The predicted octanol–water partition coefficient (Wildman–Crippen LogP) is 1.92. The Morgan fingerprint density at radius 1 is 1.46 bits per heavy atom. The quantitative estimate of drug-likeness (QED) is 0.457. The molecule has 0 aromatic rings. The van der Waals surface area contributed by atoms with Crippen LogP contribution in [0.4, 0.5) is 0 Å². The van der Waals surface area contributed by atoms with Crippen LogP contribution in [0.3, 0.4) is 0 Å². The highest BCUT2D eigenvalue weighted by molar-refractivity contribution is 7.99. The molecule has 0 rings (SSSR count). The Morgan fingerprint density at radius 3 is 2.85 bits per heavy atom. The van der Waals surface area contributed by atoms with E-state index in [9.17, 15) is 0 Å². The summed E-state index contributed by atoms with van der Waals surface area (Å²) in [6, 6.07) is 0. The lowest BCUT2D eigenvalue weighted by molar-refractivity contribution is 0.0812. The molecule has 78 valence electrons. The van der Waals surface area contributed by atoms with E-state index < -0.39 is 0 Å². The molecule has 0 aliphatic carbocycles. The highest BCUT2D eigenvalue weighted by Crippen LogP contribution is 1.96. The van der Waals surface area contributed by atoms with E-state index in [0.29, 0.717) is 6.10 Å². The zero-order valence-corrected chi connectivity index (χ0v) is 9.53. The first kappa shape index (κ1) is 13.0. The smallest absolute Gasteiger partial charge is 0.0594 e. The Balaban J connectivity index is 2.87. The summed E-state index contributed by atoms with van der Waals surface area (Å²) < 4.78 is 5.38. The Bertz CT molecular complexity index is 117. The van der Waals surface area contributed by atoms with Crippen molar-refractivity contribution in [2.75, 3.05) is 31.2 Å². The number of nitrogens with one attached hydrogen (secondary N) is 1. The highest BCUT2D eigenvalue weighted by Gasteiger charge is 1.92. The Labute approximate surface area is 86.1 Å². The lowest BCUT2D eigenvalue weighted by Gasteiger charge is -2.07. The Morgan fingerprint density at radius 2 is 2.23 bits per heavy atom. The molecule has 0 heterocycles. The summed E-state index contributed by atoms with van der Waals surface area (Å²) in [6.45, 7) is 10.6. The summed E-state index contributed by atoms with van der Waals surface area (Å²) in [4.78, 5) is 0. The van der Waals surface area contributed by atoms with Gasteiger partial charge in [0.05, 0.1) is 12.7 Å². The van der Waals surface area contributed by atoms with Crippen molar-refractivity contribution in [2.24, 2.45) is 0 Å². The molecule has 1 N–H and O–H groups in total. The van der Waals surface area contributed by atoms with Gasteiger partial charge >= 0.3 is 0 Å². The normalized spacial score (nSPS) is 10.7. The molecule has 0 spiro atoms. The zero-order chi connectivity index (χ0) is 9.94. The third-order valence-electron chi connectivity index (χ3n) is 1.39. The molecular weight excluding hydrogens is 182 g/mol. The fraction of sp³-hybridized carbons (Fsp3) is 0.800. The SMILES string of the molecule is C=CCSCCNCCOC(C)C. The molecule has 0 aliphatic rings. The van der Waals surface area contributed by atoms with Gasteiger partial charge in [0.25, 0.3) is 0 Å². The van der Waals surface area contributed by atoms with Gasteiger partial charge in [-0.2, -0.15) is 11.8 Å². The van der Waals surface area contributed by atoms with E-state index >= 15 is 0 Å².